The Bertz CT molecular complexity index is 1630. The van der Waals surface area contributed by atoms with Gasteiger partial charge >= 0.3 is 12.0 Å². The highest BCUT2D eigenvalue weighted by Gasteiger charge is 2.32. The van der Waals surface area contributed by atoms with Crippen molar-refractivity contribution in [2.24, 2.45) is 5.10 Å². The fourth-order valence-corrected chi connectivity index (χ4v) is 5.16. The van der Waals surface area contributed by atoms with Crippen LogP contribution in [0.5, 0.6) is 23.0 Å². The van der Waals surface area contributed by atoms with Crippen molar-refractivity contribution in [3.63, 3.8) is 0 Å². The van der Waals surface area contributed by atoms with Gasteiger partial charge in [0.25, 0.3) is 0 Å². The molecule has 12 nitrogen and oxygen atoms in total. The molecule has 3 aromatic carbocycles. The molecular formula is C33H36BrClN4O8. The molecule has 0 aromatic heterocycles. The molecule has 0 saturated carbocycles. The number of hydrogen-bond donors (Lipinski definition) is 4. The van der Waals surface area contributed by atoms with E-state index in [4.69, 9.17) is 35.3 Å². The van der Waals surface area contributed by atoms with Crippen LogP contribution in [-0.4, -0.2) is 56.5 Å². The van der Waals surface area contributed by atoms with Gasteiger partial charge in [-0.25, -0.2) is 9.59 Å². The van der Waals surface area contributed by atoms with Gasteiger partial charge in [0.1, 0.15) is 13.2 Å². The Morgan fingerprint density at radius 2 is 1.77 bits per heavy atom. The number of rotatable bonds is 15. The summed E-state index contributed by atoms with van der Waals surface area (Å²) in [6, 6.07) is 14.9. The Morgan fingerprint density at radius 3 is 2.47 bits per heavy atom. The first-order chi connectivity index (χ1) is 22.6. The average Bonchev–Trinajstić information content (AvgIpc) is 3.04. The lowest BCUT2D eigenvalue weighted by Gasteiger charge is -2.28. The van der Waals surface area contributed by atoms with E-state index in [1.54, 1.807) is 37.3 Å². The van der Waals surface area contributed by atoms with Crippen molar-refractivity contribution in [1.82, 2.24) is 16.1 Å². The van der Waals surface area contributed by atoms with Gasteiger partial charge in [0.15, 0.2) is 29.2 Å². The third-order valence-electron chi connectivity index (χ3n) is 6.74. The number of carbonyl (C=O) groups excluding carboxylic acids is 2. The molecular weight excluding hydrogens is 696 g/mol. The second-order valence-electron chi connectivity index (χ2n) is 10.1. The molecule has 0 radical (unpaired) electrons. The Kier molecular flexibility index (Phi) is 12.7. The van der Waals surface area contributed by atoms with Crippen LogP contribution in [0.4, 0.5) is 4.79 Å². The maximum Gasteiger partial charge on any atom is 0.337 e. The van der Waals surface area contributed by atoms with E-state index in [2.05, 4.69) is 37.1 Å². The van der Waals surface area contributed by atoms with E-state index in [0.717, 1.165) is 10.0 Å². The number of hydrogen-bond acceptors (Lipinski definition) is 10. The lowest BCUT2D eigenvalue weighted by molar-refractivity contribution is -0.136. The third kappa shape index (κ3) is 9.53. The van der Waals surface area contributed by atoms with Crippen LogP contribution in [0.2, 0.25) is 5.02 Å². The molecule has 47 heavy (non-hydrogen) atoms. The molecule has 4 rings (SSSR count). The highest BCUT2D eigenvalue weighted by molar-refractivity contribution is 9.10. The zero-order valence-corrected chi connectivity index (χ0v) is 28.6. The molecule has 1 aliphatic rings. The summed E-state index contributed by atoms with van der Waals surface area (Å²) >= 11 is 9.97. The molecule has 4 N–H and O–H groups in total. The number of urea groups is 1. The number of aliphatic hydroxyl groups excluding tert-OH is 1. The van der Waals surface area contributed by atoms with E-state index in [9.17, 15) is 14.7 Å². The number of esters is 1. The lowest BCUT2D eigenvalue weighted by atomic mass is 9.95. The number of aliphatic hydroxyl groups is 1. The van der Waals surface area contributed by atoms with Crippen LogP contribution in [-0.2, 0) is 16.1 Å². The van der Waals surface area contributed by atoms with Gasteiger partial charge < -0.3 is 39.4 Å². The summed E-state index contributed by atoms with van der Waals surface area (Å²) in [4.78, 5) is 24.6. The normalized spacial score (nSPS) is 15.0. The van der Waals surface area contributed by atoms with Crippen LogP contribution in [0.25, 0.3) is 0 Å². The minimum atomic E-state index is -1.18. The summed E-state index contributed by atoms with van der Waals surface area (Å²) in [5.41, 5.74) is 5.43. The summed E-state index contributed by atoms with van der Waals surface area (Å²) < 4.78 is 29.2. The molecule has 0 bridgehead atoms. The number of ether oxygens (including phenoxy) is 5. The van der Waals surface area contributed by atoms with E-state index >= 15 is 0 Å². The van der Waals surface area contributed by atoms with Crippen LogP contribution < -0.4 is 35.0 Å². The monoisotopic (exact) mass is 730 g/mol. The third-order valence-corrected chi connectivity index (χ3v) is 7.55. The molecule has 0 saturated heterocycles. The van der Waals surface area contributed by atoms with E-state index in [0.29, 0.717) is 64.7 Å². The number of allylic oxidation sites excluding steroid dienone is 1. The molecule has 250 valence electrons. The minimum Gasteiger partial charge on any atom is -0.490 e. The van der Waals surface area contributed by atoms with Gasteiger partial charge in [-0.2, -0.15) is 5.10 Å². The predicted octanol–water partition coefficient (Wildman–Crippen LogP) is 5.60. The Balaban J connectivity index is 1.40. The van der Waals surface area contributed by atoms with Gasteiger partial charge in [-0.05, 0) is 73.9 Å². The number of carbonyl (C=O) groups is 2. The first kappa shape index (κ1) is 35.4. The second kappa shape index (κ2) is 16.9. The summed E-state index contributed by atoms with van der Waals surface area (Å²) in [5, 5.41) is 20.3. The van der Waals surface area contributed by atoms with Crippen molar-refractivity contribution in [1.29, 1.82) is 0 Å². The molecule has 0 unspecified atom stereocenters. The van der Waals surface area contributed by atoms with E-state index in [1.807, 2.05) is 38.1 Å². The highest BCUT2D eigenvalue weighted by Crippen LogP contribution is 2.37. The fourth-order valence-electron chi connectivity index (χ4n) is 4.62. The van der Waals surface area contributed by atoms with Crippen molar-refractivity contribution < 1.29 is 38.4 Å². The fraction of sp³-hybridized carbons (Fsp3) is 0.303. The highest BCUT2D eigenvalue weighted by atomic mass is 79.9. The SMILES string of the molecule is CCOc1cc([C@@H]2NC(=O)NC(C)=C2C(=O)OC)ccc1OC[C@H](O)N/N=C\c1cc(Cl)c(OCc2ccc(Br)cc2)c(OCC)c1. The predicted molar refractivity (Wildman–Crippen MR) is 180 cm³/mol. The molecule has 3 aromatic rings. The minimum absolute atomic E-state index is 0.180. The Labute approximate surface area is 286 Å². The van der Waals surface area contributed by atoms with Gasteiger partial charge in [0.05, 0.1) is 43.2 Å². The van der Waals surface area contributed by atoms with Gasteiger partial charge in [0.2, 0.25) is 0 Å². The number of methoxy groups -OCH3 is 1. The molecule has 2 amide bonds. The summed E-state index contributed by atoms with van der Waals surface area (Å²) in [5.74, 6) is 0.998. The van der Waals surface area contributed by atoms with Crippen molar-refractivity contribution in [3.05, 3.63) is 92.1 Å². The van der Waals surface area contributed by atoms with Gasteiger partial charge in [-0.15, -0.1) is 0 Å². The van der Waals surface area contributed by atoms with Crippen LogP contribution in [0.3, 0.4) is 0 Å². The van der Waals surface area contributed by atoms with Crippen molar-refractivity contribution in [2.45, 2.75) is 39.6 Å². The van der Waals surface area contributed by atoms with E-state index in [-0.39, 0.29) is 12.2 Å². The number of benzene rings is 3. The molecule has 2 atom stereocenters. The Hall–Kier alpha value is -4.46. The standard InChI is InChI=1S/C33H36BrClN4O8/c1-5-44-26-15-22(30-29(32(41)43-4)19(3)37-33(42)38-30)9-12-25(26)46-18-28(40)39-36-16-21-13-24(35)31(27(14-21)45-6-2)47-17-20-7-10-23(34)11-8-20/h7-16,28,30,39-40H,5-6,17-18H2,1-4H3,(H2,37,38,42)/b36-16-/t28-,30-/m0/s1. The van der Waals surface area contributed by atoms with Gasteiger partial charge in [-0.1, -0.05) is 45.7 Å². The first-order valence-corrected chi connectivity index (χ1v) is 15.9. The molecule has 1 heterocycles. The summed E-state index contributed by atoms with van der Waals surface area (Å²) in [6.45, 7) is 6.14. The van der Waals surface area contributed by atoms with E-state index in [1.165, 1.54) is 13.3 Å². The average molecular weight is 732 g/mol. The van der Waals surface area contributed by atoms with Gasteiger partial charge in [0, 0.05) is 10.2 Å². The zero-order valence-electron chi connectivity index (χ0n) is 26.3. The topological polar surface area (TPSA) is 149 Å². The maximum absolute atomic E-state index is 12.5. The van der Waals surface area contributed by atoms with Crippen LogP contribution >= 0.6 is 27.5 Å². The van der Waals surface area contributed by atoms with Crippen molar-refractivity contribution >= 4 is 45.7 Å². The number of amides is 2. The molecule has 0 aliphatic carbocycles. The van der Waals surface area contributed by atoms with Crippen molar-refractivity contribution in [3.8, 4) is 23.0 Å². The van der Waals surface area contributed by atoms with Crippen LogP contribution in [0.15, 0.2) is 75.4 Å². The van der Waals surface area contributed by atoms with Gasteiger partial charge in [-0.3, -0.25) is 5.43 Å². The van der Waals surface area contributed by atoms with Crippen LogP contribution in [0.1, 0.15) is 43.5 Å². The first-order valence-electron chi connectivity index (χ1n) is 14.7. The Morgan fingerprint density at radius 1 is 1.04 bits per heavy atom. The number of nitrogens with zero attached hydrogens (tertiary/aromatic N) is 1. The van der Waals surface area contributed by atoms with Crippen LogP contribution in [0, 0.1) is 0 Å². The molecule has 0 fully saturated rings. The second-order valence-corrected chi connectivity index (χ2v) is 11.4. The molecule has 1 aliphatic heterocycles. The summed E-state index contributed by atoms with van der Waals surface area (Å²) in [6.07, 6.45) is 0.300. The van der Waals surface area contributed by atoms with E-state index < -0.39 is 24.3 Å². The van der Waals surface area contributed by atoms with Crippen molar-refractivity contribution in [2.75, 3.05) is 26.9 Å². The number of nitrogens with one attached hydrogen (secondary N) is 3. The number of halogens is 2. The quantitative estimate of drug-likeness (QED) is 0.0679. The molecule has 14 heteroatoms. The summed E-state index contributed by atoms with van der Waals surface area (Å²) in [7, 11) is 1.27. The number of hydrazone groups is 1. The lowest BCUT2D eigenvalue weighted by Crippen LogP contribution is -2.45. The zero-order chi connectivity index (χ0) is 33.9. The smallest absolute Gasteiger partial charge is 0.337 e. The largest absolute Gasteiger partial charge is 0.490 e. The molecule has 0 spiro atoms. The maximum atomic E-state index is 12.5.